The van der Waals surface area contributed by atoms with Crippen LogP contribution in [-0.4, -0.2) is 25.5 Å². The third-order valence-electron chi connectivity index (χ3n) is 2.13. The van der Waals surface area contributed by atoms with Crippen molar-refractivity contribution in [3.8, 4) is 0 Å². The second-order valence-electron chi connectivity index (χ2n) is 3.87. The van der Waals surface area contributed by atoms with Gasteiger partial charge in [0, 0.05) is 0 Å². The summed E-state index contributed by atoms with van der Waals surface area (Å²) in [6.07, 6.45) is 0. The van der Waals surface area contributed by atoms with Gasteiger partial charge in [-0.1, -0.05) is 37.0 Å². The Morgan fingerprint density at radius 3 is 2.33 bits per heavy atom. The van der Waals surface area contributed by atoms with E-state index in [9.17, 15) is 13.2 Å². The van der Waals surface area contributed by atoms with Gasteiger partial charge in [-0.3, -0.25) is 4.79 Å². The second-order valence-corrected chi connectivity index (χ2v) is 7.84. The van der Waals surface area contributed by atoms with E-state index in [0.717, 1.165) is 11.3 Å². The highest BCUT2D eigenvalue weighted by Gasteiger charge is 2.30. The molecule has 2 N–H and O–H groups in total. The summed E-state index contributed by atoms with van der Waals surface area (Å²) in [5.74, 6) is -1.64. The molecule has 1 aromatic heterocycles. The van der Waals surface area contributed by atoms with Crippen LogP contribution in [0.25, 0.3) is 0 Å². The first kappa shape index (κ1) is 15.7. The first-order valence-electron chi connectivity index (χ1n) is 4.85. The molecule has 9 heteroatoms. The van der Waals surface area contributed by atoms with Crippen LogP contribution in [0.4, 0.5) is 0 Å². The van der Waals surface area contributed by atoms with Crippen molar-refractivity contribution in [1.29, 1.82) is 0 Å². The molecule has 1 aromatic rings. The molecule has 0 fully saturated rings. The Balaban J connectivity index is 3.08. The normalized spacial score (nSPS) is 13.8. The lowest BCUT2D eigenvalue weighted by atomic mass is 10.1. The van der Waals surface area contributed by atoms with Gasteiger partial charge in [-0.15, -0.1) is 11.3 Å². The fraction of sp³-hybridized carbons (Fsp3) is 0.444. The Bertz CT molecular complexity index is 553. The van der Waals surface area contributed by atoms with Gasteiger partial charge in [0.2, 0.25) is 10.0 Å². The molecule has 102 valence electrons. The Morgan fingerprint density at radius 2 is 2.00 bits per heavy atom. The minimum absolute atomic E-state index is 0.000366. The van der Waals surface area contributed by atoms with Crippen LogP contribution in [0.3, 0.4) is 0 Å². The molecule has 0 aromatic carbocycles. The average molecular weight is 332 g/mol. The van der Waals surface area contributed by atoms with E-state index in [0.29, 0.717) is 0 Å². The average Bonchev–Trinajstić information content (AvgIpc) is 2.54. The number of hydrogen-bond donors (Lipinski definition) is 2. The van der Waals surface area contributed by atoms with Gasteiger partial charge in [0.1, 0.15) is 15.3 Å². The van der Waals surface area contributed by atoms with E-state index < -0.39 is 28.0 Å². The van der Waals surface area contributed by atoms with E-state index in [1.807, 2.05) is 0 Å². The molecule has 0 aliphatic rings. The van der Waals surface area contributed by atoms with Crippen molar-refractivity contribution < 1.29 is 18.3 Å². The minimum atomic E-state index is -4.00. The van der Waals surface area contributed by atoms with Gasteiger partial charge >= 0.3 is 5.97 Å². The number of carboxylic acids is 1. The molecule has 1 rings (SSSR count). The number of hydrogen-bond acceptors (Lipinski definition) is 4. The molecule has 0 aliphatic heterocycles. The second kappa shape index (κ2) is 5.75. The van der Waals surface area contributed by atoms with Gasteiger partial charge < -0.3 is 5.11 Å². The van der Waals surface area contributed by atoms with Crippen molar-refractivity contribution >= 4 is 50.5 Å². The number of carboxylic acid groups (broad SMARTS) is 1. The molecule has 0 aliphatic carbocycles. The van der Waals surface area contributed by atoms with E-state index in [-0.39, 0.29) is 13.6 Å². The number of carbonyl (C=O) groups is 1. The van der Waals surface area contributed by atoms with Crippen LogP contribution in [0.15, 0.2) is 11.0 Å². The van der Waals surface area contributed by atoms with Crippen molar-refractivity contribution in [3.63, 3.8) is 0 Å². The summed E-state index contributed by atoms with van der Waals surface area (Å²) >= 11 is 12.3. The first-order chi connectivity index (χ1) is 8.15. The van der Waals surface area contributed by atoms with Crippen molar-refractivity contribution in [2.45, 2.75) is 24.8 Å². The number of sulfonamides is 1. The zero-order chi connectivity index (χ0) is 14.1. The Morgan fingerprint density at radius 1 is 1.44 bits per heavy atom. The van der Waals surface area contributed by atoms with E-state index in [1.54, 1.807) is 13.8 Å². The van der Waals surface area contributed by atoms with Crippen LogP contribution in [0.1, 0.15) is 13.8 Å². The fourth-order valence-corrected chi connectivity index (χ4v) is 4.70. The van der Waals surface area contributed by atoms with Gasteiger partial charge in [0.05, 0.1) is 4.34 Å². The zero-order valence-electron chi connectivity index (χ0n) is 9.48. The highest BCUT2D eigenvalue weighted by atomic mass is 35.5. The third-order valence-corrected chi connectivity index (χ3v) is 5.32. The van der Waals surface area contributed by atoms with E-state index in [2.05, 4.69) is 4.72 Å². The number of aliphatic carboxylic acids is 1. The van der Waals surface area contributed by atoms with Crippen LogP contribution in [0.2, 0.25) is 8.67 Å². The van der Waals surface area contributed by atoms with Crippen LogP contribution >= 0.6 is 34.5 Å². The lowest BCUT2D eigenvalue weighted by Crippen LogP contribution is -2.44. The van der Waals surface area contributed by atoms with Gasteiger partial charge in [-0.05, 0) is 12.0 Å². The largest absolute Gasteiger partial charge is 0.480 e. The van der Waals surface area contributed by atoms with Crippen LogP contribution in [-0.2, 0) is 14.8 Å². The molecule has 0 spiro atoms. The Labute approximate surface area is 119 Å². The standard InChI is InChI=1S/C9H11Cl2NO4S2/c1-4(2)7(9(13)14)12-18(15,16)5-3-6(10)17-8(5)11/h3-4,7,12H,1-2H3,(H,13,14)/t7-/m0/s1. The third kappa shape index (κ3) is 3.58. The van der Waals surface area contributed by atoms with Gasteiger partial charge in [-0.25, -0.2) is 8.42 Å². The lowest BCUT2D eigenvalue weighted by molar-refractivity contribution is -0.140. The smallest absolute Gasteiger partial charge is 0.322 e. The topological polar surface area (TPSA) is 83.5 Å². The van der Waals surface area contributed by atoms with Crippen molar-refractivity contribution in [1.82, 2.24) is 4.72 Å². The van der Waals surface area contributed by atoms with E-state index in [4.69, 9.17) is 28.3 Å². The highest BCUT2D eigenvalue weighted by molar-refractivity contribution is 7.89. The maximum Gasteiger partial charge on any atom is 0.322 e. The van der Waals surface area contributed by atoms with Crippen molar-refractivity contribution in [2.24, 2.45) is 5.92 Å². The van der Waals surface area contributed by atoms with Gasteiger partial charge in [0.15, 0.2) is 0 Å². The predicted octanol–water partition coefficient (Wildman–Crippen LogP) is 2.44. The maximum atomic E-state index is 12.0. The molecule has 0 saturated carbocycles. The molecule has 18 heavy (non-hydrogen) atoms. The first-order valence-corrected chi connectivity index (χ1v) is 7.90. The van der Waals surface area contributed by atoms with Crippen LogP contribution < -0.4 is 4.72 Å². The quantitative estimate of drug-likeness (QED) is 0.867. The van der Waals surface area contributed by atoms with Gasteiger partial charge in [-0.2, -0.15) is 4.72 Å². The van der Waals surface area contributed by atoms with Crippen molar-refractivity contribution in [2.75, 3.05) is 0 Å². The zero-order valence-corrected chi connectivity index (χ0v) is 12.6. The summed E-state index contributed by atoms with van der Waals surface area (Å²) in [6, 6.07) is -0.0272. The predicted molar refractivity (Wildman–Crippen MR) is 70.9 cm³/mol. The molecule has 1 atom stereocenters. The number of nitrogens with one attached hydrogen (secondary N) is 1. The molecule has 0 radical (unpaired) electrons. The highest BCUT2D eigenvalue weighted by Crippen LogP contribution is 2.34. The summed E-state index contributed by atoms with van der Waals surface area (Å²) < 4.78 is 26.3. The number of rotatable bonds is 5. The van der Waals surface area contributed by atoms with Crippen molar-refractivity contribution in [3.05, 3.63) is 14.7 Å². The summed E-state index contributed by atoms with van der Waals surface area (Å²) in [6.45, 7) is 3.20. The summed E-state index contributed by atoms with van der Waals surface area (Å²) in [5, 5.41) is 8.95. The number of halogens is 2. The maximum absolute atomic E-state index is 12.0. The van der Waals surface area contributed by atoms with E-state index in [1.165, 1.54) is 6.07 Å². The summed E-state index contributed by atoms with van der Waals surface area (Å²) in [4.78, 5) is 10.8. The molecule has 0 amide bonds. The Hall–Kier alpha value is -0.340. The molecule has 0 saturated heterocycles. The number of thiophene rings is 1. The van der Waals surface area contributed by atoms with E-state index >= 15 is 0 Å². The summed E-state index contributed by atoms with van der Waals surface area (Å²) in [7, 11) is -4.00. The molecule has 1 heterocycles. The SMILES string of the molecule is CC(C)[C@H](NS(=O)(=O)c1cc(Cl)sc1Cl)C(=O)O. The molecule has 5 nitrogen and oxygen atoms in total. The monoisotopic (exact) mass is 331 g/mol. The van der Waals surface area contributed by atoms with Crippen LogP contribution in [0.5, 0.6) is 0 Å². The Kier molecular flexibility index (Phi) is 5.02. The van der Waals surface area contributed by atoms with Crippen LogP contribution in [0, 0.1) is 5.92 Å². The van der Waals surface area contributed by atoms with Gasteiger partial charge in [0.25, 0.3) is 0 Å². The molecule has 0 unspecified atom stereocenters. The fourth-order valence-electron chi connectivity index (χ4n) is 1.21. The summed E-state index contributed by atoms with van der Waals surface area (Å²) in [5.41, 5.74) is 0. The molecule has 0 bridgehead atoms. The lowest BCUT2D eigenvalue weighted by Gasteiger charge is -2.17. The minimum Gasteiger partial charge on any atom is -0.480 e. The molecular weight excluding hydrogens is 321 g/mol. The molecular formula is C9H11Cl2NO4S2.